The highest BCUT2D eigenvalue weighted by Crippen LogP contribution is 2.47. The Kier molecular flexibility index (Phi) is 1.74. The molecule has 70 valence electrons. The number of nitrogens with one attached hydrogen (secondary N) is 1. The van der Waals surface area contributed by atoms with Gasteiger partial charge in [-0.1, -0.05) is 0 Å². The van der Waals surface area contributed by atoms with Crippen LogP contribution in [0.15, 0.2) is 0 Å². The lowest BCUT2D eigenvalue weighted by atomic mass is 9.61. The Morgan fingerprint density at radius 3 is 2.17 bits per heavy atom. The largest absolute Gasteiger partial charge is 0.390 e. The molecule has 2 aliphatic heterocycles. The molecule has 2 bridgehead atoms. The molecule has 1 saturated carbocycles. The number of hydrogen-bond acceptors (Lipinski definition) is 2. The van der Waals surface area contributed by atoms with Gasteiger partial charge in [-0.2, -0.15) is 0 Å². The summed E-state index contributed by atoms with van der Waals surface area (Å²) in [7, 11) is 0. The van der Waals surface area contributed by atoms with Crippen LogP contribution in [-0.2, 0) is 0 Å². The Morgan fingerprint density at radius 2 is 1.92 bits per heavy atom. The molecule has 3 fully saturated rings. The van der Waals surface area contributed by atoms with E-state index in [4.69, 9.17) is 0 Å². The quantitative estimate of drug-likeness (QED) is 0.620. The first-order valence-electron chi connectivity index (χ1n) is 4.99. The number of fused-ring (bicyclic) bond motifs is 3. The summed E-state index contributed by atoms with van der Waals surface area (Å²) >= 11 is 0. The summed E-state index contributed by atoms with van der Waals surface area (Å²) in [4.78, 5) is 0. The molecule has 2 heterocycles. The van der Waals surface area contributed by atoms with Gasteiger partial charge in [0.2, 0.25) is 0 Å². The molecule has 3 aliphatic rings. The second-order valence-electron chi connectivity index (χ2n) is 4.99. The van der Waals surface area contributed by atoms with Crippen molar-refractivity contribution < 1.29 is 5.11 Å². The Balaban J connectivity index is 2.19. The number of aliphatic hydroxyl groups is 1. The maximum absolute atomic E-state index is 10.1. The number of rotatable bonds is 1. The molecule has 0 aromatic rings. The standard InChI is InChI=1S/C10H19NO/c1-9(2,12)10-5-3-8(4-6-10)11-7-10/h8,11-12H,3-7H2,1-2H3. The van der Waals surface area contributed by atoms with Crippen molar-refractivity contribution in [3.05, 3.63) is 0 Å². The molecular weight excluding hydrogens is 150 g/mol. The smallest absolute Gasteiger partial charge is 0.0659 e. The lowest BCUT2D eigenvalue weighted by Crippen LogP contribution is -2.59. The van der Waals surface area contributed by atoms with Crippen LogP contribution >= 0.6 is 0 Å². The zero-order chi connectivity index (χ0) is 8.82. The predicted octanol–water partition coefficient (Wildman–Crippen LogP) is 1.29. The van der Waals surface area contributed by atoms with E-state index >= 15 is 0 Å². The molecule has 0 atom stereocenters. The minimum absolute atomic E-state index is 0.168. The van der Waals surface area contributed by atoms with Crippen LogP contribution in [0.5, 0.6) is 0 Å². The van der Waals surface area contributed by atoms with Crippen molar-refractivity contribution in [1.29, 1.82) is 0 Å². The van der Waals surface area contributed by atoms with Gasteiger partial charge in [0.15, 0.2) is 0 Å². The molecule has 1 aliphatic carbocycles. The van der Waals surface area contributed by atoms with Crippen molar-refractivity contribution in [2.45, 2.75) is 51.2 Å². The second-order valence-corrected chi connectivity index (χ2v) is 4.99. The summed E-state index contributed by atoms with van der Waals surface area (Å²) < 4.78 is 0. The molecule has 3 rings (SSSR count). The van der Waals surface area contributed by atoms with Crippen molar-refractivity contribution in [2.24, 2.45) is 5.41 Å². The second kappa shape index (κ2) is 2.46. The lowest BCUT2D eigenvalue weighted by Gasteiger charge is -2.53. The van der Waals surface area contributed by atoms with Crippen LogP contribution in [0.3, 0.4) is 0 Å². The van der Waals surface area contributed by atoms with Crippen LogP contribution < -0.4 is 5.32 Å². The average Bonchev–Trinajstić information content (AvgIpc) is 2.06. The molecule has 12 heavy (non-hydrogen) atoms. The maximum Gasteiger partial charge on any atom is 0.0659 e. The Hall–Kier alpha value is -0.0800. The number of piperidine rings is 2. The van der Waals surface area contributed by atoms with Crippen LogP contribution in [-0.4, -0.2) is 23.3 Å². The van der Waals surface area contributed by atoms with E-state index in [2.05, 4.69) is 5.32 Å². The Morgan fingerprint density at radius 1 is 1.33 bits per heavy atom. The van der Waals surface area contributed by atoms with Crippen molar-refractivity contribution in [3.63, 3.8) is 0 Å². The van der Waals surface area contributed by atoms with E-state index in [1.807, 2.05) is 13.8 Å². The van der Waals surface area contributed by atoms with Crippen molar-refractivity contribution in [3.8, 4) is 0 Å². The zero-order valence-corrected chi connectivity index (χ0v) is 8.06. The van der Waals surface area contributed by atoms with Gasteiger partial charge in [-0.3, -0.25) is 0 Å². The normalized spacial score (nSPS) is 41.8. The fraction of sp³-hybridized carbons (Fsp3) is 1.00. The first-order valence-corrected chi connectivity index (χ1v) is 4.99. The van der Waals surface area contributed by atoms with Crippen molar-refractivity contribution in [2.75, 3.05) is 6.54 Å². The van der Waals surface area contributed by atoms with Crippen LogP contribution in [0.4, 0.5) is 0 Å². The zero-order valence-electron chi connectivity index (χ0n) is 8.06. The molecule has 2 heteroatoms. The Bertz CT molecular complexity index is 161. The SMILES string of the molecule is CC(C)(O)C12CCC(CC1)NC2. The minimum atomic E-state index is -0.509. The van der Waals surface area contributed by atoms with E-state index in [1.54, 1.807) is 0 Å². The average molecular weight is 169 g/mol. The van der Waals surface area contributed by atoms with E-state index in [9.17, 15) is 5.11 Å². The van der Waals surface area contributed by atoms with Crippen LogP contribution in [0.1, 0.15) is 39.5 Å². The molecule has 0 amide bonds. The van der Waals surface area contributed by atoms with Gasteiger partial charge in [0.05, 0.1) is 5.60 Å². The first kappa shape index (κ1) is 8.52. The van der Waals surface area contributed by atoms with Crippen LogP contribution in [0, 0.1) is 5.41 Å². The summed E-state index contributed by atoms with van der Waals surface area (Å²) in [6.45, 7) is 4.93. The minimum Gasteiger partial charge on any atom is -0.390 e. The molecule has 0 spiro atoms. The monoisotopic (exact) mass is 169 g/mol. The van der Waals surface area contributed by atoms with E-state index in [0.717, 1.165) is 12.6 Å². The van der Waals surface area contributed by atoms with Crippen LogP contribution in [0.2, 0.25) is 0 Å². The molecule has 0 radical (unpaired) electrons. The molecule has 0 aromatic heterocycles. The molecule has 2 saturated heterocycles. The topological polar surface area (TPSA) is 32.3 Å². The summed E-state index contributed by atoms with van der Waals surface area (Å²) in [6, 6.07) is 0.745. The van der Waals surface area contributed by atoms with E-state index in [0.29, 0.717) is 0 Å². The summed E-state index contributed by atoms with van der Waals surface area (Å²) in [5.74, 6) is 0. The van der Waals surface area contributed by atoms with Gasteiger partial charge in [-0.15, -0.1) is 0 Å². The predicted molar refractivity (Wildman–Crippen MR) is 49.0 cm³/mol. The van der Waals surface area contributed by atoms with Gasteiger partial charge in [-0.25, -0.2) is 0 Å². The maximum atomic E-state index is 10.1. The molecule has 2 nitrogen and oxygen atoms in total. The van der Waals surface area contributed by atoms with E-state index in [-0.39, 0.29) is 5.41 Å². The molecule has 2 N–H and O–H groups in total. The fourth-order valence-corrected chi connectivity index (χ4v) is 2.72. The van der Waals surface area contributed by atoms with Gasteiger partial charge in [0.25, 0.3) is 0 Å². The summed E-state index contributed by atoms with van der Waals surface area (Å²) in [6.07, 6.45) is 4.91. The first-order chi connectivity index (χ1) is 5.54. The van der Waals surface area contributed by atoms with Crippen LogP contribution in [0.25, 0.3) is 0 Å². The van der Waals surface area contributed by atoms with Gasteiger partial charge in [0, 0.05) is 18.0 Å². The van der Waals surface area contributed by atoms with Crippen molar-refractivity contribution >= 4 is 0 Å². The van der Waals surface area contributed by atoms with Gasteiger partial charge >= 0.3 is 0 Å². The van der Waals surface area contributed by atoms with Crippen molar-refractivity contribution in [1.82, 2.24) is 5.32 Å². The fourth-order valence-electron chi connectivity index (χ4n) is 2.72. The summed E-state index contributed by atoms with van der Waals surface area (Å²) in [5, 5.41) is 13.6. The highest BCUT2D eigenvalue weighted by molar-refractivity contribution is 5.03. The molecular formula is C10H19NO. The molecule has 0 unspecified atom stereocenters. The van der Waals surface area contributed by atoms with Gasteiger partial charge in [0.1, 0.15) is 0 Å². The lowest BCUT2D eigenvalue weighted by molar-refractivity contribution is -0.0988. The Labute approximate surface area is 74.4 Å². The third kappa shape index (κ3) is 1.09. The van der Waals surface area contributed by atoms with E-state index < -0.39 is 5.60 Å². The highest BCUT2D eigenvalue weighted by Gasteiger charge is 2.49. The summed E-state index contributed by atoms with van der Waals surface area (Å²) in [5.41, 5.74) is -0.340. The highest BCUT2D eigenvalue weighted by atomic mass is 16.3. The van der Waals surface area contributed by atoms with Gasteiger partial charge in [-0.05, 0) is 39.5 Å². The van der Waals surface area contributed by atoms with E-state index in [1.165, 1.54) is 25.7 Å². The third-order valence-electron chi connectivity index (χ3n) is 3.97. The molecule has 0 aromatic carbocycles. The number of hydrogen-bond donors (Lipinski definition) is 2. The third-order valence-corrected chi connectivity index (χ3v) is 3.97. The van der Waals surface area contributed by atoms with Gasteiger partial charge < -0.3 is 10.4 Å².